The van der Waals surface area contributed by atoms with Gasteiger partial charge in [-0.15, -0.1) is 0 Å². The first-order chi connectivity index (χ1) is 13.2. The van der Waals surface area contributed by atoms with Crippen molar-refractivity contribution in [2.45, 2.75) is 25.4 Å². The third-order valence-electron chi connectivity index (χ3n) is 4.16. The van der Waals surface area contributed by atoms with Crippen LogP contribution in [0.4, 0.5) is 38.4 Å². The minimum absolute atomic E-state index is 0.295. The fraction of sp³-hybridized carbons (Fsp3) is 0.353. The van der Waals surface area contributed by atoms with Crippen LogP contribution in [0.15, 0.2) is 24.4 Å². The van der Waals surface area contributed by atoms with Gasteiger partial charge in [-0.1, -0.05) is 6.42 Å². The SMILES string of the molecule is O=C(NCC1CCC1)Oc1cnc(Nc2ccc(F)cc2F)nc1C(F)(F)F. The van der Waals surface area contributed by atoms with Crippen LogP contribution in [-0.2, 0) is 6.18 Å². The number of alkyl halides is 3. The predicted molar refractivity (Wildman–Crippen MR) is 88.0 cm³/mol. The number of benzene rings is 1. The second-order valence-electron chi connectivity index (χ2n) is 6.22. The van der Waals surface area contributed by atoms with E-state index >= 15 is 0 Å². The number of nitrogens with one attached hydrogen (secondary N) is 2. The molecule has 1 aliphatic rings. The molecule has 2 aromatic rings. The molecule has 11 heteroatoms. The highest BCUT2D eigenvalue weighted by molar-refractivity contribution is 5.70. The Balaban J connectivity index is 1.76. The van der Waals surface area contributed by atoms with Gasteiger partial charge in [0.2, 0.25) is 5.95 Å². The predicted octanol–water partition coefficient (Wildman–Crippen LogP) is 4.41. The number of hydrogen-bond donors (Lipinski definition) is 2. The molecule has 6 nitrogen and oxygen atoms in total. The number of aromatic nitrogens is 2. The fourth-order valence-corrected chi connectivity index (χ4v) is 2.48. The highest BCUT2D eigenvalue weighted by atomic mass is 19.4. The summed E-state index contributed by atoms with van der Waals surface area (Å²) in [4.78, 5) is 18.6. The lowest BCUT2D eigenvalue weighted by Gasteiger charge is -2.25. The number of carbonyl (C=O) groups excluding carboxylic acids is 1. The van der Waals surface area contributed by atoms with Gasteiger partial charge in [-0.05, 0) is 30.9 Å². The largest absolute Gasteiger partial charge is 0.437 e. The average molecular weight is 402 g/mol. The summed E-state index contributed by atoms with van der Waals surface area (Å²) < 4.78 is 71.1. The standard InChI is InChI=1S/C17H15F5N4O2/c18-10-4-5-12(11(19)6-10)25-15-23-8-13(14(26-15)17(20,21)22)28-16(27)24-7-9-2-1-3-9/h4-6,8-9H,1-3,7H2,(H,24,27)(H,23,25,26). The zero-order valence-electron chi connectivity index (χ0n) is 14.3. The Kier molecular flexibility index (Phi) is 5.61. The van der Waals surface area contributed by atoms with Gasteiger partial charge in [-0.25, -0.2) is 23.5 Å². The molecule has 0 unspecified atom stereocenters. The van der Waals surface area contributed by atoms with E-state index in [0.717, 1.165) is 31.4 Å². The minimum Gasteiger partial charge on any atom is -0.406 e. The number of anilines is 2. The van der Waals surface area contributed by atoms with E-state index < -0.39 is 41.3 Å². The van der Waals surface area contributed by atoms with Crippen LogP contribution in [-0.4, -0.2) is 22.6 Å². The van der Waals surface area contributed by atoms with Crippen LogP contribution in [0.25, 0.3) is 0 Å². The fourth-order valence-electron chi connectivity index (χ4n) is 2.48. The highest BCUT2D eigenvalue weighted by Gasteiger charge is 2.38. The third kappa shape index (κ3) is 4.84. The molecule has 150 valence electrons. The number of nitrogens with zero attached hydrogens (tertiary/aromatic N) is 2. The molecule has 0 radical (unpaired) electrons. The van der Waals surface area contributed by atoms with E-state index in [0.29, 0.717) is 24.7 Å². The Morgan fingerprint density at radius 2 is 2.00 bits per heavy atom. The first-order valence-corrected chi connectivity index (χ1v) is 8.34. The van der Waals surface area contributed by atoms with Crippen LogP contribution in [0.1, 0.15) is 25.0 Å². The molecule has 1 amide bonds. The van der Waals surface area contributed by atoms with Gasteiger partial charge >= 0.3 is 12.3 Å². The summed E-state index contributed by atoms with van der Waals surface area (Å²) in [6, 6.07) is 2.45. The summed E-state index contributed by atoms with van der Waals surface area (Å²) in [5, 5.41) is 4.62. The maximum Gasteiger partial charge on any atom is 0.437 e. The molecule has 1 aliphatic carbocycles. The zero-order chi connectivity index (χ0) is 20.3. The Morgan fingerprint density at radius 3 is 2.61 bits per heavy atom. The number of amides is 1. The second kappa shape index (κ2) is 7.95. The Labute approximate surface area is 156 Å². The third-order valence-corrected chi connectivity index (χ3v) is 4.16. The molecule has 28 heavy (non-hydrogen) atoms. The molecule has 1 aromatic carbocycles. The van der Waals surface area contributed by atoms with E-state index in [1.54, 1.807) is 0 Å². The van der Waals surface area contributed by atoms with Crippen molar-refractivity contribution in [1.29, 1.82) is 0 Å². The van der Waals surface area contributed by atoms with Crippen LogP contribution in [0.5, 0.6) is 5.75 Å². The normalized spacial score (nSPS) is 14.3. The van der Waals surface area contributed by atoms with E-state index in [1.807, 2.05) is 0 Å². The number of halogens is 5. The van der Waals surface area contributed by atoms with Crippen LogP contribution >= 0.6 is 0 Å². The second-order valence-corrected chi connectivity index (χ2v) is 6.22. The molecule has 1 fully saturated rings. The molecule has 1 saturated carbocycles. The number of rotatable bonds is 5. The summed E-state index contributed by atoms with van der Waals surface area (Å²) >= 11 is 0. The Morgan fingerprint density at radius 1 is 1.25 bits per heavy atom. The molecule has 0 saturated heterocycles. The van der Waals surface area contributed by atoms with Crippen molar-refractivity contribution in [3.8, 4) is 5.75 Å². The summed E-state index contributed by atoms with van der Waals surface area (Å²) in [6.45, 7) is 0.310. The smallest absolute Gasteiger partial charge is 0.406 e. The van der Waals surface area contributed by atoms with Crippen LogP contribution in [0, 0.1) is 17.6 Å². The molecule has 1 heterocycles. The number of hydrogen-bond acceptors (Lipinski definition) is 5. The first kappa shape index (κ1) is 19.8. The highest BCUT2D eigenvalue weighted by Crippen LogP contribution is 2.35. The van der Waals surface area contributed by atoms with Crippen LogP contribution < -0.4 is 15.4 Å². The van der Waals surface area contributed by atoms with Crippen LogP contribution in [0.2, 0.25) is 0 Å². The number of carbonyl (C=O) groups is 1. The van der Waals surface area contributed by atoms with Crippen molar-refractivity contribution >= 4 is 17.7 Å². The van der Waals surface area contributed by atoms with E-state index in [-0.39, 0.29) is 5.69 Å². The molecular formula is C17H15F5N4O2. The summed E-state index contributed by atoms with van der Waals surface area (Å²) in [7, 11) is 0. The maximum absolute atomic E-state index is 13.6. The summed E-state index contributed by atoms with van der Waals surface area (Å²) in [6.07, 6.45) is -2.41. The van der Waals surface area contributed by atoms with E-state index in [9.17, 15) is 26.7 Å². The zero-order valence-corrected chi connectivity index (χ0v) is 14.3. The van der Waals surface area contributed by atoms with Crippen molar-refractivity contribution in [3.05, 3.63) is 41.7 Å². The Bertz CT molecular complexity index is 871. The lowest BCUT2D eigenvalue weighted by Crippen LogP contribution is -2.34. The summed E-state index contributed by atoms with van der Waals surface area (Å²) in [5.41, 5.74) is -1.83. The van der Waals surface area contributed by atoms with E-state index in [2.05, 4.69) is 25.3 Å². The molecule has 0 aliphatic heterocycles. The molecular weight excluding hydrogens is 387 g/mol. The van der Waals surface area contributed by atoms with Crippen LogP contribution in [0.3, 0.4) is 0 Å². The molecule has 0 spiro atoms. The number of ether oxygens (including phenoxy) is 1. The maximum atomic E-state index is 13.6. The molecule has 1 aromatic heterocycles. The van der Waals surface area contributed by atoms with Gasteiger partial charge in [0, 0.05) is 12.6 Å². The van der Waals surface area contributed by atoms with Crippen molar-refractivity contribution in [2.75, 3.05) is 11.9 Å². The molecule has 0 bridgehead atoms. The van der Waals surface area contributed by atoms with E-state index in [1.165, 1.54) is 0 Å². The monoisotopic (exact) mass is 402 g/mol. The van der Waals surface area contributed by atoms with Crippen molar-refractivity contribution < 1.29 is 31.5 Å². The van der Waals surface area contributed by atoms with Crippen molar-refractivity contribution in [2.24, 2.45) is 5.92 Å². The van der Waals surface area contributed by atoms with Gasteiger partial charge in [0.25, 0.3) is 0 Å². The lowest BCUT2D eigenvalue weighted by molar-refractivity contribution is -0.142. The quantitative estimate of drug-likeness (QED) is 0.725. The van der Waals surface area contributed by atoms with Crippen molar-refractivity contribution in [3.63, 3.8) is 0 Å². The molecule has 2 N–H and O–H groups in total. The van der Waals surface area contributed by atoms with Gasteiger partial charge in [-0.3, -0.25) is 0 Å². The minimum atomic E-state index is -4.95. The van der Waals surface area contributed by atoms with Gasteiger partial charge in [0.05, 0.1) is 11.9 Å². The van der Waals surface area contributed by atoms with Gasteiger partial charge in [0.15, 0.2) is 11.4 Å². The van der Waals surface area contributed by atoms with Gasteiger partial charge in [-0.2, -0.15) is 13.2 Å². The van der Waals surface area contributed by atoms with Crippen molar-refractivity contribution in [1.82, 2.24) is 15.3 Å². The molecule has 0 atom stereocenters. The van der Waals surface area contributed by atoms with Gasteiger partial charge in [0.1, 0.15) is 11.6 Å². The average Bonchev–Trinajstić information content (AvgIpc) is 2.56. The topological polar surface area (TPSA) is 76.1 Å². The first-order valence-electron chi connectivity index (χ1n) is 8.34. The lowest BCUT2D eigenvalue weighted by atomic mass is 9.85. The van der Waals surface area contributed by atoms with Gasteiger partial charge < -0.3 is 15.4 Å². The molecule has 3 rings (SSSR count). The summed E-state index contributed by atoms with van der Waals surface area (Å²) in [5.74, 6) is -3.07. The Hall–Kier alpha value is -2.98. The van der Waals surface area contributed by atoms with E-state index in [4.69, 9.17) is 0 Å².